The monoisotopic (exact) mass is 533 g/mol. The van der Waals surface area contributed by atoms with Gasteiger partial charge in [0.15, 0.2) is 10.9 Å². The lowest BCUT2D eigenvalue weighted by molar-refractivity contribution is -0.673. The number of carbonyl (C=O) groups excluding carboxylic acids is 1. The SMILES string of the molecule is O=C1CSC(=S)N1N1C2CC[n+]3c(sc4ccccc43)C2=CC2=C3Sc4ccccc4N3CCC21. The van der Waals surface area contributed by atoms with E-state index in [1.165, 1.54) is 53.7 Å². The van der Waals surface area contributed by atoms with Crippen molar-refractivity contribution >= 4 is 78.8 Å². The molecule has 1 fully saturated rings. The molecule has 0 saturated carbocycles. The van der Waals surface area contributed by atoms with E-state index >= 15 is 0 Å². The van der Waals surface area contributed by atoms with E-state index in [0.29, 0.717) is 10.1 Å². The van der Waals surface area contributed by atoms with E-state index in [1.54, 1.807) is 0 Å². The molecule has 0 N–H and O–H groups in total. The molecule has 8 rings (SSSR count). The van der Waals surface area contributed by atoms with Gasteiger partial charge in [0.05, 0.1) is 34.1 Å². The predicted octanol–water partition coefficient (Wildman–Crippen LogP) is 5.03. The van der Waals surface area contributed by atoms with Crippen LogP contribution in [-0.2, 0) is 11.3 Å². The van der Waals surface area contributed by atoms with Gasteiger partial charge in [0.25, 0.3) is 10.9 Å². The maximum absolute atomic E-state index is 13.1. The van der Waals surface area contributed by atoms with Gasteiger partial charge < -0.3 is 4.90 Å². The highest BCUT2D eigenvalue weighted by molar-refractivity contribution is 8.23. The fourth-order valence-corrected chi connectivity index (χ4v) is 9.70. The molecule has 2 aromatic carbocycles. The fraction of sp³-hybridized carbons (Fsp3) is 0.269. The maximum atomic E-state index is 13.1. The quantitative estimate of drug-likeness (QED) is 0.322. The number of aryl methyl sites for hydroxylation is 1. The first kappa shape index (κ1) is 21.0. The van der Waals surface area contributed by atoms with Gasteiger partial charge in [-0.1, -0.05) is 71.3 Å². The topological polar surface area (TPSA) is 30.7 Å². The number of thiazole rings is 1. The molecule has 0 bridgehead atoms. The predicted molar refractivity (Wildman–Crippen MR) is 147 cm³/mol. The Labute approximate surface area is 221 Å². The molecule has 174 valence electrons. The first-order chi connectivity index (χ1) is 17.2. The number of rotatable bonds is 1. The van der Waals surface area contributed by atoms with Gasteiger partial charge in [-0.3, -0.25) is 4.79 Å². The second-order valence-electron chi connectivity index (χ2n) is 9.36. The summed E-state index contributed by atoms with van der Waals surface area (Å²) >= 11 is 11.0. The number of nitrogens with zero attached hydrogens (tertiary/aromatic N) is 4. The van der Waals surface area contributed by atoms with Gasteiger partial charge in [0, 0.05) is 29.5 Å². The molecule has 6 heterocycles. The minimum Gasteiger partial charge on any atom is -0.335 e. The molecule has 5 aliphatic rings. The number of para-hydroxylation sites is 2. The average molecular weight is 534 g/mol. The van der Waals surface area contributed by atoms with E-state index in [9.17, 15) is 4.79 Å². The molecule has 35 heavy (non-hydrogen) atoms. The zero-order valence-corrected chi connectivity index (χ0v) is 22.0. The van der Waals surface area contributed by atoms with E-state index in [1.807, 2.05) is 28.1 Å². The van der Waals surface area contributed by atoms with E-state index in [4.69, 9.17) is 12.2 Å². The number of hydrogen-bond donors (Lipinski definition) is 0. The van der Waals surface area contributed by atoms with Crippen LogP contribution in [0.25, 0.3) is 15.8 Å². The number of thiocarbonyl (C=S) groups is 1. The highest BCUT2D eigenvalue weighted by Gasteiger charge is 2.51. The van der Waals surface area contributed by atoms with Gasteiger partial charge in [0.2, 0.25) is 5.52 Å². The Morgan fingerprint density at radius 2 is 1.89 bits per heavy atom. The van der Waals surface area contributed by atoms with Crippen LogP contribution in [0.4, 0.5) is 5.69 Å². The van der Waals surface area contributed by atoms with Crippen LogP contribution in [-0.4, -0.2) is 44.6 Å². The second-order valence-corrected chi connectivity index (χ2v) is 13.0. The summed E-state index contributed by atoms with van der Waals surface area (Å²) in [5, 5.41) is 6.84. The van der Waals surface area contributed by atoms with E-state index < -0.39 is 0 Å². The van der Waals surface area contributed by atoms with Crippen molar-refractivity contribution in [2.45, 2.75) is 36.4 Å². The summed E-state index contributed by atoms with van der Waals surface area (Å²) in [6.07, 6.45) is 4.40. The maximum Gasteiger partial charge on any atom is 0.267 e. The van der Waals surface area contributed by atoms with Crippen LogP contribution in [0.15, 0.2) is 70.1 Å². The lowest BCUT2D eigenvalue weighted by Crippen LogP contribution is -2.62. The smallest absolute Gasteiger partial charge is 0.267 e. The van der Waals surface area contributed by atoms with Crippen LogP contribution in [0.1, 0.15) is 17.8 Å². The van der Waals surface area contributed by atoms with Crippen molar-refractivity contribution in [1.82, 2.24) is 10.0 Å². The minimum atomic E-state index is 0.116. The number of aromatic nitrogens is 1. The van der Waals surface area contributed by atoms with Crippen LogP contribution in [0.2, 0.25) is 0 Å². The van der Waals surface area contributed by atoms with Gasteiger partial charge in [-0.15, -0.1) is 0 Å². The number of anilines is 1. The Hall–Kier alpha value is -2.17. The summed E-state index contributed by atoms with van der Waals surface area (Å²) in [4.78, 5) is 16.9. The second kappa shape index (κ2) is 7.66. The largest absolute Gasteiger partial charge is 0.335 e. The van der Waals surface area contributed by atoms with Gasteiger partial charge in [0.1, 0.15) is 4.70 Å². The zero-order chi connectivity index (χ0) is 23.3. The zero-order valence-electron chi connectivity index (χ0n) is 18.7. The number of carbonyl (C=O) groups is 1. The van der Waals surface area contributed by atoms with Crippen molar-refractivity contribution in [3.63, 3.8) is 0 Å². The molecule has 1 amide bonds. The molecule has 0 spiro atoms. The van der Waals surface area contributed by atoms with Gasteiger partial charge in [-0.2, -0.15) is 9.58 Å². The summed E-state index contributed by atoms with van der Waals surface area (Å²) in [6.45, 7) is 1.90. The van der Waals surface area contributed by atoms with Gasteiger partial charge in [-0.05, 0) is 30.7 Å². The first-order valence-corrected chi connectivity index (χ1v) is 14.9. The molecule has 1 saturated heterocycles. The van der Waals surface area contributed by atoms with E-state index in [0.717, 1.165) is 25.9 Å². The number of amides is 1. The standard InChI is InChI=1S/C26H21N4OS4/c31-23-14-33-26(32)30(23)29-17-9-11-27-19-5-1-3-7-21(19)34-24(27)15(17)13-16-18(29)10-12-28-20-6-2-4-8-22(20)35-25(16)28/h1-8,13,17-18H,9-12,14H2/q+1. The summed E-state index contributed by atoms with van der Waals surface area (Å²) in [6, 6.07) is 17.7. The molecule has 0 radical (unpaired) electrons. The van der Waals surface area contributed by atoms with Crippen LogP contribution >= 0.6 is 47.1 Å². The Balaban J connectivity index is 1.36. The number of hydrogen-bond acceptors (Lipinski definition) is 7. The lowest BCUT2D eigenvalue weighted by Gasteiger charge is -2.49. The highest BCUT2D eigenvalue weighted by atomic mass is 32.2. The third-order valence-electron chi connectivity index (χ3n) is 7.59. The number of hydrazine groups is 1. The molecule has 1 aromatic heterocycles. The molecule has 2 atom stereocenters. The first-order valence-electron chi connectivity index (χ1n) is 11.9. The highest BCUT2D eigenvalue weighted by Crippen LogP contribution is 2.53. The molecule has 9 heteroatoms. The molecule has 5 nitrogen and oxygen atoms in total. The number of benzene rings is 2. The Morgan fingerprint density at radius 1 is 1.03 bits per heavy atom. The summed E-state index contributed by atoms with van der Waals surface area (Å²) in [5.74, 6) is 0.555. The molecular weight excluding hydrogens is 513 g/mol. The third kappa shape index (κ3) is 2.90. The summed E-state index contributed by atoms with van der Waals surface area (Å²) in [5.41, 5.74) is 5.24. The molecule has 2 unspecified atom stereocenters. The molecule has 3 aromatic rings. The van der Waals surface area contributed by atoms with Gasteiger partial charge in [-0.25, -0.2) is 5.01 Å². The van der Waals surface area contributed by atoms with Crippen LogP contribution in [0.3, 0.4) is 0 Å². The molecule has 0 aliphatic carbocycles. The average Bonchev–Trinajstić information content (AvgIpc) is 3.55. The van der Waals surface area contributed by atoms with Crippen molar-refractivity contribution in [3.8, 4) is 0 Å². The van der Waals surface area contributed by atoms with Crippen molar-refractivity contribution in [3.05, 3.63) is 70.2 Å². The van der Waals surface area contributed by atoms with E-state index in [2.05, 4.69) is 69.1 Å². The third-order valence-corrected chi connectivity index (χ3v) is 11.4. The lowest BCUT2D eigenvalue weighted by atomic mass is 9.86. The Morgan fingerprint density at radius 3 is 2.77 bits per heavy atom. The van der Waals surface area contributed by atoms with Crippen LogP contribution in [0, 0.1) is 0 Å². The number of fused-ring (bicyclic) bond motifs is 9. The van der Waals surface area contributed by atoms with Gasteiger partial charge >= 0.3 is 0 Å². The summed E-state index contributed by atoms with van der Waals surface area (Å²) in [7, 11) is 0. The fourth-order valence-electron chi connectivity index (χ4n) is 6.14. The Kier molecular flexibility index (Phi) is 4.59. The molecule has 5 aliphatic heterocycles. The molecular formula is C26H21N4OS4+. The summed E-state index contributed by atoms with van der Waals surface area (Å²) < 4.78 is 4.48. The van der Waals surface area contributed by atoms with E-state index in [-0.39, 0.29) is 18.0 Å². The van der Waals surface area contributed by atoms with Crippen molar-refractivity contribution in [1.29, 1.82) is 0 Å². The van der Waals surface area contributed by atoms with Crippen LogP contribution in [0.5, 0.6) is 0 Å². The van der Waals surface area contributed by atoms with Crippen molar-refractivity contribution in [2.24, 2.45) is 0 Å². The number of thioether (sulfide) groups is 2. The van der Waals surface area contributed by atoms with Crippen molar-refractivity contribution < 1.29 is 9.36 Å². The van der Waals surface area contributed by atoms with Crippen LogP contribution < -0.4 is 9.47 Å². The Bertz CT molecular complexity index is 1510. The van der Waals surface area contributed by atoms with Crippen molar-refractivity contribution in [2.75, 3.05) is 17.2 Å². The normalized spacial score (nSPS) is 25.4. The minimum absolute atomic E-state index is 0.116.